The van der Waals surface area contributed by atoms with E-state index in [1.165, 1.54) is 25.7 Å². The third kappa shape index (κ3) is 3.66. The Morgan fingerprint density at radius 2 is 2.25 bits per heavy atom. The number of nitro groups is 1. The standard InChI is InChI=1S/C15H22N2O2S/c1-11-5-3-7-13(9-11)20-10-12-6-4-8-14(17(18)19)15(12)16-2/h4,6,8,11,13,16H,3,5,7,9-10H2,1-2H3. The minimum absolute atomic E-state index is 0.169. The number of thioether (sulfide) groups is 1. The highest BCUT2D eigenvalue weighted by Gasteiger charge is 2.21. The van der Waals surface area contributed by atoms with E-state index in [0.29, 0.717) is 10.9 Å². The van der Waals surface area contributed by atoms with E-state index in [4.69, 9.17) is 0 Å². The Labute approximate surface area is 124 Å². The van der Waals surface area contributed by atoms with Crippen LogP contribution in [0.5, 0.6) is 0 Å². The van der Waals surface area contributed by atoms with Gasteiger partial charge in [0.25, 0.3) is 5.69 Å². The summed E-state index contributed by atoms with van der Waals surface area (Å²) in [5.41, 5.74) is 1.86. The molecular formula is C15H22N2O2S. The highest BCUT2D eigenvalue weighted by atomic mass is 32.2. The first-order valence-corrected chi connectivity index (χ1v) is 8.22. The Hall–Kier alpha value is -1.23. The lowest BCUT2D eigenvalue weighted by Gasteiger charge is -2.26. The molecule has 110 valence electrons. The average Bonchev–Trinajstić information content (AvgIpc) is 2.44. The summed E-state index contributed by atoms with van der Waals surface area (Å²) in [6, 6.07) is 5.32. The van der Waals surface area contributed by atoms with Gasteiger partial charge in [-0.25, -0.2) is 0 Å². The van der Waals surface area contributed by atoms with E-state index in [2.05, 4.69) is 12.2 Å². The third-order valence-corrected chi connectivity index (χ3v) is 5.32. The fraction of sp³-hybridized carbons (Fsp3) is 0.600. The second-order valence-corrected chi connectivity index (χ2v) is 6.81. The van der Waals surface area contributed by atoms with Crippen LogP contribution in [0.3, 0.4) is 0 Å². The zero-order chi connectivity index (χ0) is 14.5. The van der Waals surface area contributed by atoms with Gasteiger partial charge < -0.3 is 5.32 Å². The van der Waals surface area contributed by atoms with Gasteiger partial charge in [-0.1, -0.05) is 31.9 Å². The molecule has 0 aliphatic heterocycles. The van der Waals surface area contributed by atoms with E-state index < -0.39 is 0 Å². The molecule has 0 aromatic heterocycles. The van der Waals surface area contributed by atoms with Gasteiger partial charge in [0.1, 0.15) is 5.69 Å². The van der Waals surface area contributed by atoms with Gasteiger partial charge in [0.05, 0.1) is 4.92 Å². The topological polar surface area (TPSA) is 55.2 Å². The molecule has 1 N–H and O–H groups in total. The summed E-state index contributed by atoms with van der Waals surface area (Å²) >= 11 is 1.94. The maximum Gasteiger partial charge on any atom is 0.292 e. The molecule has 0 spiro atoms. The smallest absolute Gasteiger partial charge is 0.292 e. The van der Waals surface area contributed by atoms with Gasteiger partial charge in [-0.05, 0) is 24.3 Å². The van der Waals surface area contributed by atoms with Gasteiger partial charge in [-0.2, -0.15) is 11.8 Å². The third-order valence-electron chi connectivity index (χ3n) is 3.94. The number of rotatable bonds is 5. The van der Waals surface area contributed by atoms with Gasteiger partial charge in [0.15, 0.2) is 0 Å². The number of para-hydroxylation sites is 1. The van der Waals surface area contributed by atoms with E-state index in [9.17, 15) is 10.1 Å². The first-order valence-electron chi connectivity index (χ1n) is 7.17. The molecular weight excluding hydrogens is 272 g/mol. The van der Waals surface area contributed by atoms with E-state index in [0.717, 1.165) is 17.2 Å². The van der Waals surface area contributed by atoms with Crippen LogP contribution in [0, 0.1) is 16.0 Å². The van der Waals surface area contributed by atoms with E-state index in [1.807, 2.05) is 17.8 Å². The van der Waals surface area contributed by atoms with Crippen LogP contribution in [-0.4, -0.2) is 17.2 Å². The molecule has 2 unspecified atom stereocenters. The number of nitrogens with one attached hydrogen (secondary N) is 1. The zero-order valence-corrected chi connectivity index (χ0v) is 12.9. The number of nitrogens with zero attached hydrogens (tertiary/aromatic N) is 1. The maximum atomic E-state index is 11.0. The van der Waals surface area contributed by atoms with Crippen molar-refractivity contribution >= 4 is 23.1 Å². The molecule has 1 fully saturated rings. The van der Waals surface area contributed by atoms with Crippen molar-refractivity contribution in [3.05, 3.63) is 33.9 Å². The van der Waals surface area contributed by atoms with Crippen molar-refractivity contribution in [1.82, 2.24) is 0 Å². The fourth-order valence-corrected chi connectivity index (χ4v) is 4.34. The van der Waals surface area contributed by atoms with E-state index in [1.54, 1.807) is 19.2 Å². The Bertz CT molecular complexity index is 479. The number of nitro benzene ring substituents is 1. The van der Waals surface area contributed by atoms with Gasteiger partial charge >= 0.3 is 0 Å². The van der Waals surface area contributed by atoms with Crippen molar-refractivity contribution in [3.8, 4) is 0 Å². The average molecular weight is 294 g/mol. The molecule has 2 atom stereocenters. The molecule has 1 saturated carbocycles. The molecule has 0 saturated heterocycles. The number of benzene rings is 1. The van der Waals surface area contributed by atoms with Crippen molar-refractivity contribution in [2.24, 2.45) is 5.92 Å². The maximum absolute atomic E-state index is 11.0. The molecule has 1 aromatic rings. The highest BCUT2D eigenvalue weighted by Crippen LogP contribution is 2.36. The second kappa shape index (κ2) is 6.97. The minimum atomic E-state index is -0.317. The molecule has 0 bridgehead atoms. The molecule has 20 heavy (non-hydrogen) atoms. The number of hydrogen-bond acceptors (Lipinski definition) is 4. The van der Waals surface area contributed by atoms with Crippen LogP contribution in [0.2, 0.25) is 0 Å². The summed E-state index contributed by atoms with van der Waals surface area (Å²) in [7, 11) is 1.75. The lowest BCUT2D eigenvalue weighted by molar-refractivity contribution is -0.384. The van der Waals surface area contributed by atoms with Crippen molar-refractivity contribution in [3.63, 3.8) is 0 Å². The molecule has 1 aromatic carbocycles. The lowest BCUT2D eigenvalue weighted by Crippen LogP contribution is -2.15. The predicted octanol–water partition coefficient (Wildman–Crippen LogP) is 4.45. The summed E-state index contributed by atoms with van der Waals surface area (Å²) in [6.07, 6.45) is 5.20. The first-order chi connectivity index (χ1) is 9.61. The quantitative estimate of drug-likeness (QED) is 0.644. The fourth-order valence-electron chi connectivity index (χ4n) is 2.89. The Morgan fingerprint density at radius 1 is 1.45 bits per heavy atom. The second-order valence-electron chi connectivity index (χ2n) is 5.52. The van der Waals surface area contributed by atoms with Gasteiger partial charge in [0, 0.05) is 24.1 Å². The van der Waals surface area contributed by atoms with Crippen LogP contribution in [0.15, 0.2) is 18.2 Å². The summed E-state index contributed by atoms with van der Waals surface area (Å²) < 4.78 is 0. The largest absolute Gasteiger partial charge is 0.382 e. The zero-order valence-electron chi connectivity index (χ0n) is 12.1. The van der Waals surface area contributed by atoms with Gasteiger partial charge in [0.2, 0.25) is 0 Å². The van der Waals surface area contributed by atoms with Crippen molar-refractivity contribution in [2.45, 2.75) is 43.6 Å². The monoisotopic (exact) mass is 294 g/mol. The number of anilines is 1. The molecule has 0 heterocycles. The molecule has 5 heteroatoms. The van der Waals surface area contributed by atoms with Crippen LogP contribution >= 0.6 is 11.8 Å². The first kappa shape index (κ1) is 15.2. The predicted molar refractivity (Wildman–Crippen MR) is 85.4 cm³/mol. The van der Waals surface area contributed by atoms with Crippen LogP contribution in [0.4, 0.5) is 11.4 Å². The molecule has 1 aliphatic carbocycles. The van der Waals surface area contributed by atoms with Crippen molar-refractivity contribution < 1.29 is 4.92 Å². The van der Waals surface area contributed by atoms with E-state index in [-0.39, 0.29) is 10.6 Å². The van der Waals surface area contributed by atoms with Gasteiger partial charge in [-0.15, -0.1) is 0 Å². The molecule has 0 radical (unpaired) electrons. The summed E-state index contributed by atoms with van der Waals surface area (Å²) in [5.74, 6) is 1.66. The molecule has 4 nitrogen and oxygen atoms in total. The normalized spacial score (nSPS) is 22.5. The minimum Gasteiger partial charge on any atom is -0.382 e. The molecule has 2 rings (SSSR count). The summed E-state index contributed by atoms with van der Waals surface area (Å²) in [4.78, 5) is 10.7. The highest BCUT2D eigenvalue weighted by molar-refractivity contribution is 7.99. The van der Waals surface area contributed by atoms with Crippen LogP contribution in [0.25, 0.3) is 0 Å². The summed E-state index contributed by atoms with van der Waals surface area (Å²) in [5, 5.41) is 14.7. The van der Waals surface area contributed by atoms with Crippen molar-refractivity contribution in [2.75, 3.05) is 12.4 Å². The number of hydrogen-bond donors (Lipinski definition) is 1. The Kier molecular flexibility index (Phi) is 5.29. The van der Waals surface area contributed by atoms with Crippen LogP contribution < -0.4 is 5.32 Å². The Balaban J connectivity index is 2.05. The van der Waals surface area contributed by atoms with Crippen LogP contribution in [0.1, 0.15) is 38.2 Å². The summed E-state index contributed by atoms with van der Waals surface area (Å²) in [6.45, 7) is 2.32. The lowest BCUT2D eigenvalue weighted by atomic mass is 9.91. The van der Waals surface area contributed by atoms with Gasteiger partial charge in [-0.3, -0.25) is 10.1 Å². The van der Waals surface area contributed by atoms with Crippen molar-refractivity contribution in [1.29, 1.82) is 0 Å². The Morgan fingerprint density at radius 3 is 2.90 bits per heavy atom. The SMILES string of the molecule is CNc1c(CSC2CCCC(C)C2)cccc1[N+](=O)[O-]. The molecule has 0 amide bonds. The van der Waals surface area contributed by atoms with E-state index >= 15 is 0 Å². The molecule has 1 aliphatic rings. The van der Waals surface area contributed by atoms with Crippen LogP contribution in [-0.2, 0) is 5.75 Å².